The van der Waals surface area contributed by atoms with Gasteiger partial charge in [-0.15, -0.1) is 0 Å². The Hall–Kier alpha value is -2.31. The van der Waals surface area contributed by atoms with E-state index >= 15 is 0 Å². The van der Waals surface area contributed by atoms with Gasteiger partial charge in [-0.2, -0.15) is 0 Å². The second-order valence-electron chi connectivity index (χ2n) is 5.28. The SMILES string of the molecule is Cc1cccc(C#Cc2cncc(OC[C@@H]3CCN3)c2)c1. The van der Waals surface area contributed by atoms with E-state index in [-0.39, 0.29) is 0 Å². The molecule has 106 valence electrons. The van der Waals surface area contributed by atoms with Crippen LogP contribution in [0.2, 0.25) is 0 Å². The standard InChI is InChI=1S/C18H18N2O/c1-14-3-2-4-15(9-14)5-6-16-10-18(12-19-11-16)21-13-17-7-8-20-17/h2-4,9-12,17,20H,7-8,13H2,1H3/t17-/m0/s1. The van der Waals surface area contributed by atoms with Crippen molar-refractivity contribution < 1.29 is 4.74 Å². The molecule has 1 fully saturated rings. The topological polar surface area (TPSA) is 34.1 Å². The molecule has 1 aliphatic heterocycles. The molecule has 0 radical (unpaired) electrons. The molecular formula is C18H18N2O. The molecule has 0 spiro atoms. The van der Waals surface area contributed by atoms with Crippen LogP contribution in [0.25, 0.3) is 0 Å². The largest absolute Gasteiger partial charge is 0.490 e. The molecule has 21 heavy (non-hydrogen) atoms. The van der Waals surface area contributed by atoms with E-state index in [0.29, 0.717) is 12.6 Å². The van der Waals surface area contributed by atoms with Gasteiger partial charge in [0, 0.05) is 23.4 Å². The summed E-state index contributed by atoms with van der Waals surface area (Å²) in [7, 11) is 0. The van der Waals surface area contributed by atoms with Gasteiger partial charge < -0.3 is 10.1 Å². The third kappa shape index (κ3) is 3.84. The van der Waals surface area contributed by atoms with Crippen LogP contribution < -0.4 is 10.1 Å². The minimum absolute atomic E-state index is 0.479. The smallest absolute Gasteiger partial charge is 0.138 e. The van der Waals surface area contributed by atoms with Gasteiger partial charge in [-0.3, -0.25) is 4.98 Å². The van der Waals surface area contributed by atoms with Crippen molar-refractivity contribution in [2.75, 3.05) is 13.2 Å². The number of rotatable bonds is 3. The second-order valence-corrected chi connectivity index (χ2v) is 5.28. The molecule has 0 saturated carbocycles. The summed E-state index contributed by atoms with van der Waals surface area (Å²) in [6.07, 6.45) is 4.67. The molecule has 1 N–H and O–H groups in total. The van der Waals surface area contributed by atoms with Crippen LogP contribution in [0.1, 0.15) is 23.1 Å². The normalized spacial score (nSPS) is 16.5. The summed E-state index contributed by atoms with van der Waals surface area (Å²) in [6, 6.07) is 10.6. The first-order valence-corrected chi connectivity index (χ1v) is 7.19. The molecule has 0 amide bonds. The van der Waals surface area contributed by atoms with Crippen LogP contribution in [-0.2, 0) is 0 Å². The number of hydrogen-bond acceptors (Lipinski definition) is 3. The third-order valence-electron chi connectivity index (χ3n) is 3.46. The molecule has 0 aliphatic carbocycles. The van der Waals surface area contributed by atoms with E-state index in [9.17, 15) is 0 Å². The van der Waals surface area contributed by atoms with Crippen LogP contribution in [-0.4, -0.2) is 24.2 Å². The van der Waals surface area contributed by atoms with Crippen molar-refractivity contribution in [3.05, 3.63) is 59.4 Å². The lowest BCUT2D eigenvalue weighted by Crippen LogP contribution is -2.46. The Labute approximate surface area is 125 Å². The molecule has 3 nitrogen and oxygen atoms in total. The minimum Gasteiger partial charge on any atom is -0.490 e. The lowest BCUT2D eigenvalue weighted by molar-refractivity contribution is 0.217. The van der Waals surface area contributed by atoms with E-state index in [2.05, 4.69) is 41.2 Å². The van der Waals surface area contributed by atoms with Crippen LogP contribution in [0.4, 0.5) is 0 Å². The number of aromatic nitrogens is 1. The first-order valence-electron chi connectivity index (χ1n) is 7.19. The van der Waals surface area contributed by atoms with E-state index < -0.39 is 0 Å². The number of nitrogens with one attached hydrogen (secondary N) is 1. The van der Waals surface area contributed by atoms with Crippen LogP contribution in [0.5, 0.6) is 5.75 Å². The molecule has 3 heteroatoms. The summed E-state index contributed by atoms with van der Waals surface area (Å²) in [5, 5.41) is 3.31. The Bertz CT molecular complexity index is 681. The van der Waals surface area contributed by atoms with Crippen molar-refractivity contribution in [1.82, 2.24) is 10.3 Å². The van der Waals surface area contributed by atoms with Gasteiger partial charge in [0.1, 0.15) is 12.4 Å². The summed E-state index contributed by atoms with van der Waals surface area (Å²) in [6.45, 7) is 3.85. The number of benzene rings is 1. The number of aryl methyl sites for hydroxylation is 1. The molecule has 0 bridgehead atoms. The Morgan fingerprint density at radius 2 is 2.10 bits per heavy atom. The molecule has 0 unspecified atom stereocenters. The fourth-order valence-electron chi connectivity index (χ4n) is 2.12. The number of pyridine rings is 1. The van der Waals surface area contributed by atoms with Gasteiger partial charge in [-0.05, 0) is 43.7 Å². The molecule has 1 aromatic heterocycles. The maximum atomic E-state index is 5.73. The molecule has 1 atom stereocenters. The molecule has 2 aromatic rings. The van der Waals surface area contributed by atoms with Crippen molar-refractivity contribution in [1.29, 1.82) is 0 Å². The molecule has 3 rings (SSSR count). The van der Waals surface area contributed by atoms with Crippen molar-refractivity contribution in [2.45, 2.75) is 19.4 Å². The van der Waals surface area contributed by atoms with Gasteiger partial charge in [0.2, 0.25) is 0 Å². The summed E-state index contributed by atoms with van der Waals surface area (Å²) in [5.41, 5.74) is 3.10. The van der Waals surface area contributed by atoms with Crippen molar-refractivity contribution in [3.8, 4) is 17.6 Å². The van der Waals surface area contributed by atoms with Crippen molar-refractivity contribution in [2.24, 2.45) is 0 Å². The van der Waals surface area contributed by atoms with E-state index in [1.165, 1.54) is 12.0 Å². The summed E-state index contributed by atoms with van der Waals surface area (Å²) < 4.78 is 5.73. The van der Waals surface area contributed by atoms with Gasteiger partial charge in [-0.25, -0.2) is 0 Å². The Kier molecular flexibility index (Phi) is 4.18. The lowest BCUT2D eigenvalue weighted by atomic mass is 10.1. The fraction of sp³-hybridized carbons (Fsp3) is 0.278. The zero-order valence-corrected chi connectivity index (χ0v) is 12.1. The molecule has 1 aliphatic rings. The summed E-state index contributed by atoms with van der Waals surface area (Å²) >= 11 is 0. The van der Waals surface area contributed by atoms with Gasteiger partial charge in [-0.1, -0.05) is 24.0 Å². The maximum Gasteiger partial charge on any atom is 0.138 e. The maximum absolute atomic E-state index is 5.73. The first kappa shape index (κ1) is 13.7. The minimum atomic E-state index is 0.479. The van der Waals surface area contributed by atoms with Gasteiger partial charge in [0.05, 0.1) is 6.20 Å². The number of hydrogen-bond donors (Lipinski definition) is 1. The van der Waals surface area contributed by atoms with Crippen LogP contribution in [0.15, 0.2) is 42.7 Å². The van der Waals surface area contributed by atoms with Crippen LogP contribution >= 0.6 is 0 Å². The second kappa shape index (κ2) is 6.43. The average Bonchev–Trinajstić information content (AvgIpc) is 2.44. The monoisotopic (exact) mass is 278 g/mol. The van der Waals surface area contributed by atoms with Crippen molar-refractivity contribution in [3.63, 3.8) is 0 Å². The van der Waals surface area contributed by atoms with Gasteiger partial charge >= 0.3 is 0 Å². The predicted molar refractivity (Wildman–Crippen MR) is 83.3 cm³/mol. The molecule has 1 aromatic carbocycles. The molecule has 1 saturated heterocycles. The van der Waals surface area contributed by atoms with Crippen LogP contribution in [0.3, 0.4) is 0 Å². The quantitative estimate of drug-likeness (QED) is 0.876. The summed E-state index contributed by atoms with van der Waals surface area (Å²) in [4.78, 5) is 4.19. The van der Waals surface area contributed by atoms with E-state index in [4.69, 9.17) is 4.74 Å². The average molecular weight is 278 g/mol. The first-order chi connectivity index (χ1) is 10.3. The van der Waals surface area contributed by atoms with Crippen molar-refractivity contribution >= 4 is 0 Å². The highest BCUT2D eigenvalue weighted by molar-refractivity contribution is 5.44. The number of ether oxygens (including phenoxy) is 1. The van der Waals surface area contributed by atoms with Crippen LogP contribution in [0, 0.1) is 18.8 Å². The fourth-order valence-corrected chi connectivity index (χ4v) is 2.12. The zero-order valence-electron chi connectivity index (χ0n) is 12.1. The van der Waals surface area contributed by atoms with Gasteiger partial charge in [0.25, 0.3) is 0 Å². The summed E-state index contributed by atoms with van der Waals surface area (Å²) in [5.74, 6) is 7.07. The highest BCUT2D eigenvalue weighted by atomic mass is 16.5. The highest BCUT2D eigenvalue weighted by Crippen LogP contribution is 2.13. The molecule has 2 heterocycles. The van der Waals surface area contributed by atoms with E-state index in [0.717, 1.165) is 23.4 Å². The third-order valence-corrected chi connectivity index (χ3v) is 3.46. The van der Waals surface area contributed by atoms with E-state index in [1.54, 1.807) is 12.4 Å². The predicted octanol–water partition coefficient (Wildman–Crippen LogP) is 2.53. The Morgan fingerprint density at radius 1 is 1.24 bits per heavy atom. The highest BCUT2D eigenvalue weighted by Gasteiger charge is 2.16. The Balaban J connectivity index is 1.68. The van der Waals surface area contributed by atoms with E-state index in [1.807, 2.05) is 18.2 Å². The lowest BCUT2D eigenvalue weighted by Gasteiger charge is -2.27. The number of nitrogens with zero attached hydrogens (tertiary/aromatic N) is 1. The zero-order chi connectivity index (χ0) is 14.5. The molecular weight excluding hydrogens is 260 g/mol. The Morgan fingerprint density at radius 3 is 2.86 bits per heavy atom. The van der Waals surface area contributed by atoms with Gasteiger partial charge in [0.15, 0.2) is 0 Å².